The molecule has 1 aliphatic heterocycles. The van der Waals surface area contributed by atoms with Gasteiger partial charge in [-0.2, -0.15) is 0 Å². The van der Waals surface area contributed by atoms with Gasteiger partial charge in [-0.3, -0.25) is 9.59 Å². The lowest BCUT2D eigenvalue weighted by Gasteiger charge is -2.17. The Morgan fingerprint density at radius 2 is 1.79 bits per heavy atom. The van der Waals surface area contributed by atoms with Crippen molar-refractivity contribution in [1.82, 2.24) is 14.9 Å². The predicted octanol–water partition coefficient (Wildman–Crippen LogP) is 3.40. The zero-order valence-corrected chi connectivity index (χ0v) is 16.9. The molecule has 1 aromatic carbocycles. The van der Waals surface area contributed by atoms with Crippen LogP contribution in [0.3, 0.4) is 0 Å². The number of benzene rings is 1. The molecule has 0 atom stereocenters. The summed E-state index contributed by atoms with van der Waals surface area (Å²) in [4.78, 5) is 29.8. The molecule has 150 valence electrons. The highest BCUT2D eigenvalue weighted by Crippen LogP contribution is 2.23. The van der Waals surface area contributed by atoms with E-state index in [0.29, 0.717) is 23.8 Å². The van der Waals surface area contributed by atoms with Gasteiger partial charge in [-0.15, -0.1) is 0 Å². The van der Waals surface area contributed by atoms with E-state index in [4.69, 9.17) is 4.74 Å². The number of rotatable bonds is 6. The highest BCUT2D eigenvalue weighted by molar-refractivity contribution is 6.05. The fraction of sp³-hybridized carbons (Fsp3) is 0.476. The third kappa shape index (κ3) is 4.52. The van der Waals surface area contributed by atoms with Gasteiger partial charge in [-0.05, 0) is 71.2 Å². The smallest absolute Gasteiger partial charge is 0.287 e. The number of fused-ring (bicyclic) bond motifs is 1. The first kappa shape index (κ1) is 19.9. The van der Waals surface area contributed by atoms with Gasteiger partial charge >= 0.3 is 0 Å². The first-order valence-corrected chi connectivity index (χ1v) is 9.83. The van der Waals surface area contributed by atoms with Gasteiger partial charge < -0.3 is 19.9 Å². The fourth-order valence-corrected chi connectivity index (χ4v) is 3.30. The largest absolute Gasteiger partial charge is 0.491 e. The second kappa shape index (κ2) is 8.46. The minimum absolute atomic E-state index is 0.00731. The average Bonchev–Trinajstić information content (AvgIpc) is 3.02. The van der Waals surface area contributed by atoms with Crippen molar-refractivity contribution in [3.05, 3.63) is 41.5 Å². The van der Waals surface area contributed by atoms with Gasteiger partial charge in [-0.25, -0.2) is 4.98 Å². The van der Waals surface area contributed by atoms with E-state index in [1.165, 1.54) is 0 Å². The number of nitrogens with one attached hydrogen (secondary N) is 2. The molecule has 0 radical (unpaired) electrons. The monoisotopic (exact) mass is 384 g/mol. The van der Waals surface area contributed by atoms with Crippen LogP contribution in [0.1, 0.15) is 67.3 Å². The summed E-state index contributed by atoms with van der Waals surface area (Å²) in [6, 6.07) is 7.24. The van der Waals surface area contributed by atoms with E-state index in [0.717, 1.165) is 30.7 Å². The maximum Gasteiger partial charge on any atom is 0.287 e. The molecule has 7 heteroatoms. The Hall–Kier alpha value is -2.83. The maximum absolute atomic E-state index is 12.9. The summed E-state index contributed by atoms with van der Waals surface area (Å²) >= 11 is 0. The first-order chi connectivity index (χ1) is 13.3. The van der Waals surface area contributed by atoms with Crippen molar-refractivity contribution in [2.24, 2.45) is 0 Å². The van der Waals surface area contributed by atoms with Crippen LogP contribution in [0.5, 0.6) is 5.75 Å². The minimum Gasteiger partial charge on any atom is -0.491 e. The summed E-state index contributed by atoms with van der Waals surface area (Å²) < 4.78 is 7.51. The lowest BCUT2D eigenvalue weighted by Crippen LogP contribution is -2.33. The Bertz CT molecular complexity index is 853. The van der Waals surface area contributed by atoms with Crippen molar-refractivity contribution in [2.75, 3.05) is 5.32 Å². The van der Waals surface area contributed by atoms with E-state index in [1.54, 1.807) is 12.1 Å². The molecule has 2 N–H and O–H groups in total. The Kier molecular flexibility index (Phi) is 6.02. The number of hydrogen-bond donors (Lipinski definition) is 2. The maximum atomic E-state index is 12.9. The first-order valence-electron chi connectivity index (χ1n) is 9.83. The summed E-state index contributed by atoms with van der Waals surface area (Å²) in [5.74, 6) is 0.522. The molecule has 1 aliphatic rings. The van der Waals surface area contributed by atoms with Crippen molar-refractivity contribution in [3.8, 4) is 5.75 Å². The number of amides is 2. The molecule has 7 nitrogen and oxygen atoms in total. The molecule has 2 heterocycles. The van der Waals surface area contributed by atoms with E-state index >= 15 is 0 Å². The Balaban J connectivity index is 1.81. The molecule has 3 rings (SSSR count). The molecule has 0 fully saturated rings. The number of hydrogen-bond acceptors (Lipinski definition) is 4. The van der Waals surface area contributed by atoms with Crippen molar-refractivity contribution in [3.63, 3.8) is 0 Å². The average molecular weight is 384 g/mol. The number of nitrogens with zero attached hydrogens (tertiary/aromatic N) is 2. The zero-order valence-electron chi connectivity index (χ0n) is 16.9. The highest BCUT2D eigenvalue weighted by atomic mass is 16.5. The fourth-order valence-electron chi connectivity index (χ4n) is 3.30. The van der Waals surface area contributed by atoms with Crippen molar-refractivity contribution in [2.45, 2.75) is 65.6 Å². The van der Waals surface area contributed by atoms with E-state index < -0.39 is 0 Å². The molecule has 2 amide bonds. The molecule has 0 spiro atoms. The standard InChI is InChI=1S/C21H28N4O3/c1-13(2)22-21(27)19-24-18(17-7-5-6-12-25(17)19)20(26)23-15-8-10-16(11-9-15)28-14(3)4/h8-11,13-14H,5-7,12H2,1-4H3,(H,22,27)(H,23,26). The van der Waals surface area contributed by atoms with Gasteiger partial charge in [-0.1, -0.05) is 0 Å². The predicted molar refractivity (Wildman–Crippen MR) is 108 cm³/mol. The van der Waals surface area contributed by atoms with Gasteiger partial charge in [0.1, 0.15) is 5.75 Å². The number of carbonyl (C=O) groups is 2. The van der Waals surface area contributed by atoms with Crippen LogP contribution in [0.25, 0.3) is 0 Å². The summed E-state index contributed by atoms with van der Waals surface area (Å²) in [5, 5.41) is 5.74. The van der Waals surface area contributed by atoms with Gasteiger partial charge in [0, 0.05) is 18.3 Å². The van der Waals surface area contributed by atoms with Crippen LogP contribution in [-0.4, -0.2) is 33.5 Å². The Labute approximate surface area is 165 Å². The van der Waals surface area contributed by atoms with E-state index in [-0.39, 0.29) is 24.0 Å². The quantitative estimate of drug-likeness (QED) is 0.799. The molecule has 0 saturated carbocycles. The molecular formula is C21H28N4O3. The van der Waals surface area contributed by atoms with E-state index in [1.807, 2.05) is 44.4 Å². The SMILES string of the molecule is CC(C)NC(=O)c1nc(C(=O)Nc2ccc(OC(C)C)cc2)c2n1CCCC2. The van der Waals surface area contributed by atoms with Crippen molar-refractivity contribution < 1.29 is 14.3 Å². The van der Waals surface area contributed by atoms with Crippen LogP contribution in [0.4, 0.5) is 5.69 Å². The van der Waals surface area contributed by atoms with Crippen LogP contribution in [0.2, 0.25) is 0 Å². The zero-order chi connectivity index (χ0) is 20.3. The third-order valence-corrected chi connectivity index (χ3v) is 4.44. The van der Waals surface area contributed by atoms with Crippen LogP contribution in [-0.2, 0) is 13.0 Å². The summed E-state index contributed by atoms with van der Waals surface area (Å²) in [6.07, 6.45) is 2.79. The van der Waals surface area contributed by atoms with Crippen LogP contribution >= 0.6 is 0 Å². The topological polar surface area (TPSA) is 85.2 Å². The molecule has 28 heavy (non-hydrogen) atoms. The van der Waals surface area contributed by atoms with Gasteiger partial charge in [0.05, 0.1) is 11.8 Å². The van der Waals surface area contributed by atoms with E-state index in [2.05, 4.69) is 15.6 Å². The molecule has 0 aliphatic carbocycles. The summed E-state index contributed by atoms with van der Waals surface area (Å²) in [5.41, 5.74) is 1.82. The molecule has 0 saturated heterocycles. The summed E-state index contributed by atoms with van der Waals surface area (Å²) in [6.45, 7) is 8.43. The second-order valence-electron chi connectivity index (χ2n) is 7.61. The molecule has 0 bridgehead atoms. The third-order valence-electron chi connectivity index (χ3n) is 4.44. The summed E-state index contributed by atoms with van der Waals surface area (Å²) in [7, 11) is 0. The van der Waals surface area contributed by atoms with E-state index in [9.17, 15) is 9.59 Å². The van der Waals surface area contributed by atoms with Gasteiger partial charge in [0.2, 0.25) is 0 Å². The van der Waals surface area contributed by atoms with Gasteiger partial charge in [0.15, 0.2) is 11.5 Å². The Morgan fingerprint density at radius 1 is 1.07 bits per heavy atom. The lowest BCUT2D eigenvalue weighted by atomic mass is 10.1. The van der Waals surface area contributed by atoms with Gasteiger partial charge in [0.25, 0.3) is 11.8 Å². The second-order valence-corrected chi connectivity index (χ2v) is 7.61. The number of ether oxygens (including phenoxy) is 1. The van der Waals surface area contributed by atoms with Crippen LogP contribution in [0, 0.1) is 0 Å². The Morgan fingerprint density at radius 3 is 2.43 bits per heavy atom. The minimum atomic E-state index is -0.299. The number of aromatic nitrogens is 2. The highest BCUT2D eigenvalue weighted by Gasteiger charge is 2.27. The molecular weight excluding hydrogens is 356 g/mol. The number of carbonyl (C=O) groups excluding carboxylic acids is 2. The van der Waals surface area contributed by atoms with Crippen LogP contribution in [0.15, 0.2) is 24.3 Å². The number of anilines is 1. The van der Waals surface area contributed by atoms with Crippen molar-refractivity contribution in [1.29, 1.82) is 0 Å². The lowest BCUT2D eigenvalue weighted by molar-refractivity contribution is 0.0927. The molecule has 2 aromatic rings. The normalized spacial score (nSPS) is 13.4. The molecule has 1 aromatic heterocycles. The molecule has 0 unspecified atom stereocenters. The van der Waals surface area contributed by atoms with Crippen molar-refractivity contribution >= 4 is 17.5 Å². The number of imidazole rings is 1. The van der Waals surface area contributed by atoms with Crippen LogP contribution < -0.4 is 15.4 Å².